The van der Waals surface area contributed by atoms with Crippen molar-refractivity contribution in [2.24, 2.45) is 5.84 Å². The average molecular weight is 250 g/mol. The third-order valence-corrected chi connectivity index (χ3v) is 3.16. The molecule has 90 valence electrons. The summed E-state index contributed by atoms with van der Waals surface area (Å²) >= 11 is 1.47. The van der Waals surface area contributed by atoms with Crippen LogP contribution in [0, 0.1) is 0 Å². The van der Waals surface area contributed by atoms with Gasteiger partial charge in [0.2, 0.25) is 0 Å². The molecule has 2 aromatic heterocycles. The first-order valence-corrected chi connectivity index (χ1v) is 6.02. The molecule has 7 heteroatoms. The molecule has 2 rings (SSSR count). The fourth-order valence-corrected chi connectivity index (χ4v) is 2.46. The maximum Gasteiger partial charge on any atom is 0.171 e. The van der Waals surface area contributed by atoms with Crippen LogP contribution in [0.25, 0.3) is 0 Å². The number of nitrogens with one attached hydrogen (secondary N) is 2. The van der Waals surface area contributed by atoms with Gasteiger partial charge in [-0.25, -0.2) is 20.8 Å². The van der Waals surface area contributed by atoms with E-state index in [1.54, 1.807) is 12.4 Å². The van der Waals surface area contributed by atoms with E-state index < -0.39 is 0 Å². The van der Waals surface area contributed by atoms with Gasteiger partial charge in [-0.1, -0.05) is 13.8 Å². The van der Waals surface area contributed by atoms with Crippen molar-refractivity contribution in [1.82, 2.24) is 19.9 Å². The van der Waals surface area contributed by atoms with Crippen molar-refractivity contribution < 1.29 is 0 Å². The van der Waals surface area contributed by atoms with Crippen LogP contribution in [0.1, 0.15) is 25.3 Å². The summed E-state index contributed by atoms with van der Waals surface area (Å²) in [6, 6.07) is 0. The van der Waals surface area contributed by atoms with Crippen molar-refractivity contribution in [1.29, 1.82) is 0 Å². The van der Waals surface area contributed by atoms with E-state index in [9.17, 15) is 0 Å². The van der Waals surface area contributed by atoms with Gasteiger partial charge >= 0.3 is 0 Å². The summed E-state index contributed by atoms with van der Waals surface area (Å²) in [5.74, 6) is 6.39. The molecule has 0 fully saturated rings. The number of hydrogen-bond donors (Lipinski definition) is 3. The Labute approximate surface area is 103 Å². The monoisotopic (exact) mass is 250 g/mol. The average Bonchev–Trinajstić information content (AvgIpc) is 2.81. The minimum Gasteiger partial charge on any atom is -0.339 e. The van der Waals surface area contributed by atoms with Crippen molar-refractivity contribution >= 4 is 17.6 Å². The quantitative estimate of drug-likeness (QED) is 0.435. The van der Waals surface area contributed by atoms with Crippen molar-refractivity contribution in [3.63, 3.8) is 0 Å². The van der Waals surface area contributed by atoms with Crippen LogP contribution in [-0.4, -0.2) is 19.9 Å². The van der Waals surface area contributed by atoms with Gasteiger partial charge in [0.15, 0.2) is 5.16 Å². The first-order chi connectivity index (χ1) is 8.22. The second kappa shape index (κ2) is 5.15. The Balaban J connectivity index is 2.39. The predicted octanol–water partition coefficient (Wildman–Crippen LogP) is 1.76. The second-order valence-electron chi connectivity index (χ2n) is 3.74. The van der Waals surface area contributed by atoms with Crippen LogP contribution in [0.5, 0.6) is 0 Å². The number of H-pyrrole nitrogens is 1. The first kappa shape index (κ1) is 11.9. The predicted molar refractivity (Wildman–Crippen MR) is 66.6 cm³/mol. The van der Waals surface area contributed by atoms with E-state index >= 15 is 0 Å². The summed E-state index contributed by atoms with van der Waals surface area (Å²) in [4.78, 5) is 15.6. The number of hydrogen-bond acceptors (Lipinski definition) is 6. The number of nitrogens with zero attached hydrogens (tertiary/aromatic N) is 3. The molecular formula is C10H14N6S. The molecule has 0 aliphatic heterocycles. The van der Waals surface area contributed by atoms with E-state index in [1.807, 2.05) is 0 Å². The summed E-state index contributed by atoms with van der Waals surface area (Å²) in [7, 11) is 0. The molecule has 0 aliphatic rings. The number of aromatic nitrogens is 4. The topological polar surface area (TPSA) is 92.5 Å². The summed E-state index contributed by atoms with van der Waals surface area (Å²) in [6.07, 6.45) is 4.98. The third-order valence-electron chi connectivity index (χ3n) is 2.23. The smallest absolute Gasteiger partial charge is 0.171 e. The number of hydrazine groups is 1. The minimum atomic E-state index is 0.278. The highest BCUT2D eigenvalue weighted by Crippen LogP contribution is 2.33. The van der Waals surface area contributed by atoms with E-state index in [0.29, 0.717) is 5.82 Å². The Morgan fingerprint density at radius 3 is 2.76 bits per heavy atom. The normalized spacial score (nSPS) is 10.8. The van der Waals surface area contributed by atoms with Crippen LogP contribution in [0.3, 0.4) is 0 Å². The van der Waals surface area contributed by atoms with Crippen LogP contribution in [-0.2, 0) is 0 Å². The Kier molecular flexibility index (Phi) is 3.60. The number of nitrogen functional groups attached to an aromatic ring is 1. The second-order valence-corrected chi connectivity index (χ2v) is 4.71. The maximum absolute atomic E-state index is 5.46. The summed E-state index contributed by atoms with van der Waals surface area (Å²) in [5, 5.41) is 1.66. The molecule has 0 spiro atoms. The van der Waals surface area contributed by atoms with Gasteiger partial charge in [0.05, 0.1) is 0 Å². The van der Waals surface area contributed by atoms with Gasteiger partial charge in [0.1, 0.15) is 17.2 Å². The van der Waals surface area contributed by atoms with Crippen molar-refractivity contribution in [2.45, 2.75) is 29.9 Å². The molecule has 0 saturated carbocycles. The molecule has 0 aliphatic carbocycles. The van der Waals surface area contributed by atoms with Crippen LogP contribution in [0.2, 0.25) is 0 Å². The van der Waals surface area contributed by atoms with Crippen molar-refractivity contribution in [2.75, 3.05) is 5.43 Å². The highest BCUT2D eigenvalue weighted by Gasteiger charge is 2.15. The van der Waals surface area contributed by atoms with Crippen molar-refractivity contribution in [3.8, 4) is 0 Å². The van der Waals surface area contributed by atoms with Gasteiger partial charge < -0.3 is 10.4 Å². The van der Waals surface area contributed by atoms with Gasteiger partial charge in [-0.3, -0.25) is 0 Å². The molecule has 0 radical (unpaired) electrons. The molecule has 2 heterocycles. The molecule has 0 unspecified atom stereocenters. The molecule has 0 atom stereocenters. The highest BCUT2D eigenvalue weighted by molar-refractivity contribution is 7.99. The zero-order valence-electron chi connectivity index (χ0n) is 9.64. The highest BCUT2D eigenvalue weighted by atomic mass is 32.2. The lowest BCUT2D eigenvalue weighted by Crippen LogP contribution is -2.13. The Hall–Kier alpha value is -1.60. The van der Waals surface area contributed by atoms with E-state index in [2.05, 4.69) is 39.2 Å². The number of rotatable bonds is 4. The van der Waals surface area contributed by atoms with Gasteiger partial charge in [0, 0.05) is 18.0 Å². The number of imidazole rings is 1. The molecular weight excluding hydrogens is 236 g/mol. The maximum atomic E-state index is 5.46. The van der Waals surface area contributed by atoms with E-state index in [4.69, 9.17) is 5.84 Å². The van der Waals surface area contributed by atoms with E-state index in [1.165, 1.54) is 18.1 Å². The fourth-order valence-electron chi connectivity index (χ4n) is 1.49. The molecule has 6 nitrogen and oxygen atoms in total. The number of nitrogens with two attached hydrogens (primary N) is 1. The number of anilines is 1. The summed E-state index contributed by atoms with van der Waals surface area (Å²) in [5.41, 5.74) is 3.60. The van der Waals surface area contributed by atoms with Crippen LogP contribution in [0.15, 0.2) is 28.9 Å². The Bertz CT molecular complexity index is 482. The lowest BCUT2D eigenvalue weighted by Gasteiger charge is -2.13. The van der Waals surface area contributed by atoms with Gasteiger partial charge in [-0.2, -0.15) is 0 Å². The lowest BCUT2D eigenvalue weighted by atomic mass is 10.1. The zero-order chi connectivity index (χ0) is 12.3. The third kappa shape index (κ3) is 2.56. The SMILES string of the molecule is CC(C)c1c(NN)ncnc1Sc1ncc[nH]1. The standard InChI is InChI=1S/C10H14N6S/c1-6(2)7-8(16-11)14-5-15-9(7)17-10-12-3-4-13-10/h3-6H,11H2,1-2H3,(H,12,13)(H,14,15,16). The van der Waals surface area contributed by atoms with Crippen LogP contribution >= 0.6 is 11.8 Å². The summed E-state index contributed by atoms with van der Waals surface area (Å²) in [6.45, 7) is 4.15. The molecule has 0 aromatic carbocycles. The molecule has 17 heavy (non-hydrogen) atoms. The van der Waals surface area contributed by atoms with Gasteiger partial charge in [0.25, 0.3) is 0 Å². The Morgan fingerprint density at radius 1 is 1.35 bits per heavy atom. The molecule has 0 bridgehead atoms. The van der Waals surface area contributed by atoms with E-state index in [-0.39, 0.29) is 5.92 Å². The van der Waals surface area contributed by atoms with Crippen LogP contribution < -0.4 is 11.3 Å². The Morgan fingerprint density at radius 2 is 2.18 bits per heavy atom. The fraction of sp³-hybridized carbons (Fsp3) is 0.300. The van der Waals surface area contributed by atoms with Gasteiger partial charge in [-0.05, 0) is 17.7 Å². The molecule has 4 N–H and O–H groups in total. The molecule has 0 saturated heterocycles. The zero-order valence-corrected chi connectivity index (χ0v) is 10.5. The number of aromatic amines is 1. The minimum absolute atomic E-state index is 0.278. The van der Waals surface area contributed by atoms with E-state index in [0.717, 1.165) is 15.7 Å². The van der Waals surface area contributed by atoms with Crippen molar-refractivity contribution in [3.05, 3.63) is 24.3 Å². The lowest BCUT2D eigenvalue weighted by molar-refractivity contribution is 0.802. The molecule has 0 amide bonds. The first-order valence-electron chi connectivity index (χ1n) is 5.21. The summed E-state index contributed by atoms with van der Waals surface area (Å²) < 4.78 is 0. The molecule has 2 aromatic rings. The van der Waals surface area contributed by atoms with Crippen LogP contribution in [0.4, 0.5) is 5.82 Å². The largest absolute Gasteiger partial charge is 0.339 e. The van der Waals surface area contributed by atoms with Gasteiger partial charge in [-0.15, -0.1) is 0 Å².